The highest BCUT2D eigenvalue weighted by Crippen LogP contribution is 2.25. The molecule has 1 fully saturated rings. The van der Waals surface area contributed by atoms with Gasteiger partial charge < -0.3 is 20.5 Å². The summed E-state index contributed by atoms with van der Waals surface area (Å²) in [4.78, 5) is 39.8. The zero-order chi connectivity index (χ0) is 24.3. The molecule has 3 aromatic rings. The van der Waals surface area contributed by atoms with Crippen LogP contribution in [0, 0.1) is 0 Å². The molecule has 1 aliphatic rings. The minimum Gasteiger partial charge on any atom is -0.508 e. The Morgan fingerprint density at radius 3 is 2.40 bits per heavy atom. The molecular formula is C26H28N2O5S2. The summed E-state index contributed by atoms with van der Waals surface area (Å²) >= 11 is 1.61. The number of benzene rings is 2. The Balaban J connectivity index is 0.00000342. The van der Waals surface area contributed by atoms with Crippen LogP contribution in [-0.2, 0) is 20.7 Å². The quantitative estimate of drug-likeness (QED) is 0.450. The van der Waals surface area contributed by atoms with Crippen molar-refractivity contribution in [3.8, 4) is 16.2 Å². The summed E-state index contributed by atoms with van der Waals surface area (Å²) in [7, 11) is 0. The van der Waals surface area contributed by atoms with Gasteiger partial charge >= 0.3 is 0 Å². The van der Waals surface area contributed by atoms with Crippen LogP contribution in [0.1, 0.15) is 29.8 Å². The van der Waals surface area contributed by atoms with Gasteiger partial charge in [-0.25, -0.2) is 0 Å². The molecule has 0 aliphatic carbocycles. The van der Waals surface area contributed by atoms with Crippen LogP contribution in [0.4, 0.5) is 0 Å². The first-order valence-corrected chi connectivity index (χ1v) is 11.8. The summed E-state index contributed by atoms with van der Waals surface area (Å²) in [6, 6.07) is 16.6. The normalized spacial score (nSPS) is 20.1. The zero-order valence-corrected chi connectivity index (χ0v) is 21.2. The maximum atomic E-state index is 13.3. The molecule has 3 atom stereocenters. The van der Waals surface area contributed by atoms with E-state index in [-0.39, 0.29) is 38.1 Å². The molecule has 1 aromatic heterocycles. The number of rotatable bonds is 7. The van der Waals surface area contributed by atoms with Gasteiger partial charge in [-0.2, -0.15) is 13.5 Å². The van der Waals surface area contributed by atoms with Crippen LogP contribution < -0.4 is 10.6 Å². The van der Waals surface area contributed by atoms with Crippen molar-refractivity contribution in [1.82, 2.24) is 10.6 Å². The second kappa shape index (κ2) is 11.1. The van der Waals surface area contributed by atoms with E-state index >= 15 is 0 Å². The van der Waals surface area contributed by atoms with E-state index in [1.807, 2.05) is 29.6 Å². The van der Waals surface area contributed by atoms with Crippen LogP contribution in [0.2, 0.25) is 0 Å². The molecule has 2 amide bonds. The van der Waals surface area contributed by atoms with Gasteiger partial charge in [-0.1, -0.05) is 30.3 Å². The lowest BCUT2D eigenvalue weighted by atomic mass is 9.92. The van der Waals surface area contributed by atoms with Crippen molar-refractivity contribution in [2.75, 3.05) is 6.61 Å². The lowest BCUT2D eigenvalue weighted by Gasteiger charge is -2.30. The number of aromatic hydroxyl groups is 1. The minimum atomic E-state index is -1.17. The number of carbonyl (C=O) groups is 3. The van der Waals surface area contributed by atoms with Crippen molar-refractivity contribution in [3.05, 3.63) is 77.2 Å². The maximum Gasteiger partial charge on any atom is 0.251 e. The van der Waals surface area contributed by atoms with Gasteiger partial charge in [-0.3, -0.25) is 14.4 Å². The topological polar surface area (TPSA) is 105 Å². The fraction of sp³-hybridized carbons (Fsp3) is 0.269. The fourth-order valence-corrected chi connectivity index (χ4v) is 4.54. The summed E-state index contributed by atoms with van der Waals surface area (Å²) in [6.07, 6.45) is -0.302. The molecule has 0 spiro atoms. The summed E-state index contributed by atoms with van der Waals surface area (Å²) in [5.41, 5.74) is 1.01. The average Bonchev–Trinajstić information content (AvgIpc) is 3.45. The summed E-state index contributed by atoms with van der Waals surface area (Å²) in [6.45, 7) is 3.30. The van der Waals surface area contributed by atoms with Crippen molar-refractivity contribution < 1.29 is 24.2 Å². The van der Waals surface area contributed by atoms with Crippen LogP contribution in [0.5, 0.6) is 5.75 Å². The third-order valence-electron chi connectivity index (χ3n) is 6.19. The number of thiophene rings is 1. The van der Waals surface area contributed by atoms with Gasteiger partial charge in [0.25, 0.3) is 5.91 Å². The first-order chi connectivity index (χ1) is 16.3. The predicted molar refractivity (Wildman–Crippen MR) is 140 cm³/mol. The second-order valence-corrected chi connectivity index (χ2v) is 9.47. The fourth-order valence-electron chi connectivity index (χ4n) is 3.81. The summed E-state index contributed by atoms with van der Waals surface area (Å²) in [5, 5.41) is 17.2. The van der Waals surface area contributed by atoms with E-state index in [9.17, 15) is 19.5 Å². The first kappa shape index (κ1) is 26.5. The van der Waals surface area contributed by atoms with Gasteiger partial charge in [0.15, 0.2) is 5.78 Å². The van der Waals surface area contributed by atoms with Gasteiger partial charge in [0, 0.05) is 16.9 Å². The second-order valence-electron chi connectivity index (χ2n) is 8.52. The van der Waals surface area contributed by atoms with E-state index in [2.05, 4.69) is 10.6 Å². The molecule has 4 rings (SSSR count). The Bertz CT molecular complexity index is 1180. The van der Waals surface area contributed by atoms with Gasteiger partial charge in [0.1, 0.15) is 23.9 Å². The lowest BCUT2D eigenvalue weighted by Crippen LogP contribution is -2.60. The smallest absolute Gasteiger partial charge is 0.251 e. The highest BCUT2D eigenvalue weighted by molar-refractivity contribution is 7.59. The summed E-state index contributed by atoms with van der Waals surface area (Å²) in [5.74, 6) is -0.990. The highest BCUT2D eigenvalue weighted by Gasteiger charge is 2.47. The Labute approximate surface area is 215 Å². The Morgan fingerprint density at radius 1 is 1.14 bits per heavy atom. The zero-order valence-electron chi connectivity index (χ0n) is 19.4. The molecule has 0 bridgehead atoms. The van der Waals surface area contributed by atoms with Crippen molar-refractivity contribution in [2.24, 2.45) is 0 Å². The molecule has 35 heavy (non-hydrogen) atoms. The molecule has 0 saturated carbocycles. The minimum absolute atomic E-state index is 0. The van der Waals surface area contributed by atoms with E-state index in [0.717, 1.165) is 16.0 Å². The van der Waals surface area contributed by atoms with Gasteiger partial charge in [-0.15, -0.1) is 11.3 Å². The molecule has 3 N–H and O–H groups in total. The molecule has 2 aromatic carbocycles. The van der Waals surface area contributed by atoms with E-state index in [4.69, 9.17) is 4.74 Å². The van der Waals surface area contributed by atoms with Crippen molar-refractivity contribution in [2.45, 2.75) is 38.0 Å². The van der Waals surface area contributed by atoms with Crippen molar-refractivity contribution in [1.29, 1.82) is 0 Å². The van der Waals surface area contributed by atoms with E-state index in [1.165, 1.54) is 12.1 Å². The van der Waals surface area contributed by atoms with E-state index in [0.29, 0.717) is 5.56 Å². The number of phenols is 1. The first-order valence-electron chi connectivity index (χ1n) is 11.0. The number of nitrogens with one attached hydrogen (secondary N) is 2. The van der Waals surface area contributed by atoms with Gasteiger partial charge in [-0.05, 0) is 60.7 Å². The summed E-state index contributed by atoms with van der Waals surface area (Å²) < 4.78 is 5.41. The molecule has 0 radical (unpaired) electrons. The van der Waals surface area contributed by atoms with Crippen LogP contribution >= 0.6 is 24.8 Å². The number of hydrogen-bond donors (Lipinski definition) is 3. The number of Topliss-reactive ketones (excluding diaryl/α,β-unsaturated/α-hetero) is 1. The molecule has 1 aliphatic heterocycles. The third kappa shape index (κ3) is 5.93. The Kier molecular flexibility index (Phi) is 8.37. The molecule has 184 valence electrons. The maximum absolute atomic E-state index is 13.3. The predicted octanol–water partition coefficient (Wildman–Crippen LogP) is 3.44. The molecule has 2 heterocycles. The average molecular weight is 513 g/mol. The number of ketones is 1. The van der Waals surface area contributed by atoms with Gasteiger partial charge in [0.2, 0.25) is 5.91 Å². The van der Waals surface area contributed by atoms with Crippen molar-refractivity contribution >= 4 is 42.4 Å². The van der Waals surface area contributed by atoms with E-state index in [1.54, 1.807) is 49.4 Å². The number of carbonyl (C=O) groups excluding carboxylic acids is 3. The van der Waals surface area contributed by atoms with Crippen molar-refractivity contribution in [3.63, 3.8) is 0 Å². The highest BCUT2D eigenvalue weighted by atomic mass is 32.1. The number of ether oxygens (including phenoxy) is 1. The largest absolute Gasteiger partial charge is 0.508 e. The molecule has 0 unspecified atom stereocenters. The standard InChI is InChI=1S/C26H26N2O5S.H2S/c1-16-26(2,23(30)15-33-16)28-25(32)21(14-17-5-11-20(29)12-6-17)27-24(31)19-9-7-18(8-10-19)22-4-3-13-34-22;/h3-13,16,21,29H,14-15H2,1-2H3,(H,27,31)(H,28,32);1H2/t16-,21+,26-;/m1./s1. The number of amides is 2. The van der Waals surface area contributed by atoms with Crippen LogP contribution in [-0.4, -0.2) is 47.0 Å². The lowest BCUT2D eigenvalue weighted by molar-refractivity contribution is -0.130. The molecule has 7 nitrogen and oxygen atoms in total. The van der Waals surface area contributed by atoms with Gasteiger partial charge in [0.05, 0.1) is 6.10 Å². The molecule has 9 heteroatoms. The van der Waals surface area contributed by atoms with Crippen LogP contribution in [0.15, 0.2) is 66.0 Å². The number of hydrogen-bond acceptors (Lipinski definition) is 6. The molecular weight excluding hydrogens is 484 g/mol. The Morgan fingerprint density at radius 2 is 1.83 bits per heavy atom. The monoisotopic (exact) mass is 512 g/mol. The molecule has 1 saturated heterocycles. The SMILES string of the molecule is C[C@H]1OCC(=O)[C@]1(C)NC(=O)[C@H](Cc1ccc(O)cc1)NC(=O)c1ccc(-c2cccs2)cc1.S. The number of phenolic OH excluding ortho intramolecular Hbond substituents is 1. The van der Waals surface area contributed by atoms with Crippen LogP contribution in [0.3, 0.4) is 0 Å². The van der Waals surface area contributed by atoms with Crippen LogP contribution in [0.25, 0.3) is 10.4 Å². The third-order valence-corrected chi connectivity index (χ3v) is 7.11. The van der Waals surface area contributed by atoms with E-state index < -0.39 is 29.5 Å². The Hall–Kier alpha value is -3.14.